The van der Waals surface area contributed by atoms with Gasteiger partial charge >= 0.3 is 5.97 Å². The van der Waals surface area contributed by atoms with E-state index < -0.39 is 16.0 Å². The van der Waals surface area contributed by atoms with Crippen molar-refractivity contribution in [3.05, 3.63) is 34.8 Å². The maximum atomic E-state index is 12.0. The first kappa shape index (κ1) is 14.7. The molecule has 0 aliphatic carbocycles. The van der Waals surface area contributed by atoms with Crippen molar-refractivity contribution in [3.8, 4) is 0 Å². The third kappa shape index (κ3) is 3.44. The molecule has 2 N–H and O–H groups in total. The molecule has 0 spiro atoms. The number of aromatic nitrogens is 2. The van der Waals surface area contributed by atoms with Gasteiger partial charge in [-0.05, 0) is 23.9 Å². The lowest BCUT2D eigenvalue weighted by Gasteiger charge is -2.06. The largest absolute Gasteiger partial charge is 0.477 e. The minimum atomic E-state index is -3.78. The van der Waals surface area contributed by atoms with Gasteiger partial charge in [0.05, 0.1) is 0 Å². The number of thiophene rings is 1. The number of hydrogen-bond donors (Lipinski definition) is 2. The molecule has 0 radical (unpaired) electrons. The fourth-order valence-corrected chi connectivity index (χ4v) is 3.96. The number of rotatable bonds is 7. The molecule has 0 unspecified atom stereocenters. The van der Waals surface area contributed by atoms with Crippen LogP contribution in [0.4, 0.5) is 0 Å². The summed E-state index contributed by atoms with van der Waals surface area (Å²) in [6, 6.07) is 3.08. The van der Waals surface area contributed by atoms with Crippen LogP contribution in [-0.2, 0) is 16.6 Å². The fourth-order valence-electron chi connectivity index (χ4n) is 1.62. The van der Waals surface area contributed by atoms with E-state index in [0.717, 1.165) is 11.3 Å². The molecule has 0 aliphatic heterocycles. The molecule has 0 saturated heterocycles. The Morgan fingerprint density at radius 2 is 2.30 bits per heavy atom. The molecule has 2 heterocycles. The first-order chi connectivity index (χ1) is 9.50. The molecule has 0 amide bonds. The number of nitrogens with one attached hydrogen (secondary N) is 1. The number of hydrogen-bond acceptors (Lipinski definition) is 5. The lowest BCUT2D eigenvalue weighted by atomic mass is 10.4. The summed E-state index contributed by atoms with van der Waals surface area (Å²) in [7, 11) is -3.78. The predicted molar refractivity (Wildman–Crippen MR) is 73.3 cm³/mol. The number of aryl methyl sites for hydroxylation is 1. The van der Waals surface area contributed by atoms with Gasteiger partial charge < -0.3 is 5.11 Å². The molecule has 2 aromatic rings. The van der Waals surface area contributed by atoms with E-state index in [1.807, 2.05) is 0 Å². The van der Waals surface area contributed by atoms with Crippen LogP contribution in [-0.4, -0.2) is 35.8 Å². The second kappa shape index (κ2) is 6.16. The summed E-state index contributed by atoms with van der Waals surface area (Å²) >= 11 is 0.889. The summed E-state index contributed by atoms with van der Waals surface area (Å²) in [4.78, 5) is 10.6. The SMILES string of the molecule is O=C(O)c1sccc1S(=O)(=O)NCCCn1cccn1. The summed E-state index contributed by atoms with van der Waals surface area (Å²) in [6.07, 6.45) is 4.00. The quantitative estimate of drug-likeness (QED) is 0.743. The monoisotopic (exact) mass is 315 g/mol. The highest BCUT2D eigenvalue weighted by molar-refractivity contribution is 7.89. The highest BCUT2D eigenvalue weighted by Crippen LogP contribution is 2.21. The van der Waals surface area contributed by atoms with Crippen LogP contribution in [0.3, 0.4) is 0 Å². The zero-order valence-corrected chi connectivity index (χ0v) is 12.0. The number of nitrogens with zero attached hydrogens (tertiary/aromatic N) is 2. The first-order valence-corrected chi connectivity index (χ1v) is 8.15. The van der Waals surface area contributed by atoms with Gasteiger partial charge in [-0.1, -0.05) is 0 Å². The van der Waals surface area contributed by atoms with E-state index in [2.05, 4.69) is 9.82 Å². The van der Waals surface area contributed by atoms with Crippen molar-refractivity contribution in [3.63, 3.8) is 0 Å². The molecular formula is C11H13N3O4S2. The molecule has 0 atom stereocenters. The zero-order valence-electron chi connectivity index (χ0n) is 10.4. The van der Waals surface area contributed by atoms with E-state index in [1.54, 1.807) is 23.1 Å². The van der Waals surface area contributed by atoms with Crippen LogP contribution in [0.5, 0.6) is 0 Å². The molecule has 0 aliphatic rings. The molecule has 0 aromatic carbocycles. The Kier molecular flexibility index (Phi) is 4.53. The van der Waals surface area contributed by atoms with E-state index in [9.17, 15) is 13.2 Å². The van der Waals surface area contributed by atoms with Gasteiger partial charge in [0.15, 0.2) is 0 Å². The topological polar surface area (TPSA) is 101 Å². The van der Waals surface area contributed by atoms with Crippen molar-refractivity contribution < 1.29 is 18.3 Å². The molecule has 0 bridgehead atoms. The molecule has 20 heavy (non-hydrogen) atoms. The lowest BCUT2D eigenvalue weighted by molar-refractivity contribution is 0.0698. The Hall–Kier alpha value is -1.71. The van der Waals surface area contributed by atoms with Crippen LogP contribution in [0.15, 0.2) is 34.8 Å². The van der Waals surface area contributed by atoms with Crippen LogP contribution in [0, 0.1) is 0 Å². The van der Waals surface area contributed by atoms with Gasteiger partial charge in [-0.25, -0.2) is 17.9 Å². The second-order valence-electron chi connectivity index (χ2n) is 3.94. The number of carboxylic acids is 1. The minimum Gasteiger partial charge on any atom is -0.477 e. The maximum Gasteiger partial charge on any atom is 0.347 e. The third-order valence-electron chi connectivity index (χ3n) is 2.53. The molecule has 2 aromatic heterocycles. The maximum absolute atomic E-state index is 12.0. The molecule has 108 valence electrons. The van der Waals surface area contributed by atoms with Gasteiger partial charge in [-0.2, -0.15) is 5.10 Å². The van der Waals surface area contributed by atoms with Crippen LogP contribution < -0.4 is 4.72 Å². The zero-order chi connectivity index (χ0) is 14.6. The molecule has 0 saturated carbocycles. The average Bonchev–Trinajstić information content (AvgIpc) is 3.05. The van der Waals surface area contributed by atoms with Crippen molar-refractivity contribution in [2.24, 2.45) is 0 Å². The number of sulfonamides is 1. The van der Waals surface area contributed by atoms with Crippen LogP contribution in [0.2, 0.25) is 0 Å². The van der Waals surface area contributed by atoms with E-state index in [-0.39, 0.29) is 16.3 Å². The summed E-state index contributed by atoms with van der Waals surface area (Å²) in [6.45, 7) is 0.808. The first-order valence-electron chi connectivity index (χ1n) is 5.78. The Balaban J connectivity index is 1.94. The van der Waals surface area contributed by atoms with Gasteiger partial charge in [0.25, 0.3) is 0 Å². The summed E-state index contributed by atoms with van der Waals surface area (Å²) in [5.41, 5.74) is 0. The fraction of sp³-hybridized carbons (Fsp3) is 0.273. The van der Waals surface area contributed by atoms with Gasteiger partial charge in [-0.3, -0.25) is 4.68 Å². The van der Waals surface area contributed by atoms with Crippen molar-refractivity contribution in [1.82, 2.24) is 14.5 Å². The minimum absolute atomic E-state index is 0.176. The molecule has 0 fully saturated rings. The standard InChI is InChI=1S/C11H13N3O4S2/c15-11(16)10-9(3-8-19-10)20(17,18)13-5-2-7-14-6-1-4-12-14/h1,3-4,6,8,13H,2,5,7H2,(H,15,16). The Morgan fingerprint density at radius 3 is 2.95 bits per heavy atom. The van der Waals surface area contributed by atoms with Crippen molar-refractivity contribution in [1.29, 1.82) is 0 Å². The Labute approximate surface area is 119 Å². The van der Waals surface area contributed by atoms with Crippen LogP contribution >= 0.6 is 11.3 Å². The van der Waals surface area contributed by atoms with Crippen molar-refractivity contribution >= 4 is 27.3 Å². The summed E-state index contributed by atoms with van der Waals surface area (Å²) < 4.78 is 28.1. The van der Waals surface area contributed by atoms with Gasteiger partial charge in [-0.15, -0.1) is 11.3 Å². The van der Waals surface area contributed by atoms with Crippen LogP contribution in [0.1, 0.15) is 16.1 Å². The predicted octanol–water partition coefficient (Wildman–Crippen LogP) is 1.01. The molecular weight excluding hydrogens is 302 g/mol. The number of aromatic carboxylic acids is 1. The van der Waals surface area contributed by atoms with Crippen LogP contribution in [0.25, 0.3) is 0 Å². The van der Waals surface area contributed by atoms with E-state index in [0.29, 0.717) is 13.0 Å². The smallest absolute Gasteiger partial charge is 0.347 e. The Morgan fingerprint density at radius 1 is 1.50 bits per heavy atom. The van der Waals surface area contributed by atoms with E-state index in [4.69, 9.17) is 5.11 Å². The summed E-state index contributed by atoms with van der Waals surface area (Å²) in [5, 5.41) is 14.4. The third-order valence-corrected chi connectivity index (χ3v) is 5.06. The lowest BCUT2D eigenvalue weighted by Crippen LogP contribution is -2.26. The molecule has 2 rings (SSSR count). The second-order valence-corrected chi connectivity index (χ2v) is 6.59. The highest BCUT2D eigenvalue weighted by Gasteiger charge is 2.23. The normalized spacial score (nSPS) is 11.6. The van der Waals surface area contributed by atoms with Crippen molar-refractivity contribution in [2.45, 2.75) is 17.9 Å². The van der Waals surface area contributed by atoms with Gasteiger partial charge in [0, 0.05) is 25.5 Å². The molecule has 9 heteroatoms. The van der Waals surface area contributed by atoms with Gasteiger partial charge in [0.1, 0.15) is 9.77 Å². The number of carbonyl (C=O) groups is 1. The van der Waals surface area contributed by atoms with Gasteiger partial charge in [0.2, 0.25) is 10.0 Å². The van der Waals surface area contributed by atoms with Crippen molar-refractivity contribution in [2.75, 3.05) is 6.54 Å². The van der Waals surface area contributed by atoms with E-state index >= 15 is 0 Å². The number of carboxylic acid groups (broad SMARTS) is 1. The highest BCUT2D eigenvalue weighted by atomic mass is 32.2. The van der Waals surface area contributed by atoms with E-state index in [1.165, 1.54) is 11.4 Å². The summed E-state index contributed by atoms with van der Waals surface area (Å²) in [5.74, 6) is -1.24. The Bertz CT molecular complexity index is 676. The molecule has 7 nitrogen and oxygen atoms in total. The average molecular weight is 315 g/mol.